The van der Waals surface area contributed by atoms with E-state index in [0.717, 1.165) is 5.56 Å². The highest BCUT2D eigenvalue weighted by Gasteiger charge is 2.15. The van der Waals surface area contributed by atoms with Crippen LogP contribution in [0.2, 0.25) is 10.0 Å². The minimum atomic E-state index is -0.920. The van der Waals surface area contributed by atoms with Crippen molar-refractivity contribution in [3.8, 4) is 28.6 Å². The average molecular weight is 473 g/mol. The molecule has 3 rings (SSSR count). The minimum absolute atomic E-state index is 0. The Balaban J connectivity index is 0.00000320. The molecule has 1 heterocycles. The molecule has 10 heteroatoms. The van der Waals surface area contributed by atoms with Gasteiger partial charge in [0.1, 0.15) is 5.75 Å². The summed E-state index contributed by atoms with van der Waals surface area (Å²) in [4.78, 5) is 15.0. The van der Waals surface area contributed by atoms with Crippen molar-refractivity contribution in [2.75, 3.05) is 6.54 Å². The fourth-order valence-corrected chi connectivity index (χ4v) is 3.11. The van der Waals surface area contributed by atoms with Crippen molar-refractivity contribution >= 4 is 41.6 Å². The maximum atomic E-state index is 10.6. The summed E-state index contributed by atoms with van der Waals surface area (Å²) in [6, 6.07) is 10.6. The topological polar surface area (TPSA) is 97.5 Å². The molecule has 2 N–H and O–H groups in total. The van der Waals surface area contributed by atoms with Crippen LogP contribution in [0.4, 0.5) is 0 Å². The largest absolute Gasteiger partial charge is 0.489 e. The van der Waals surface area contributed by atoms with E-state index in [9.17, 15) is 4.79 Å². The Hall–Kier alpha value is -2.32. The fourth-order valence-electron chi connectivity index (χ4n) is 2.60. The summed E-state index contributed by atoms with van der Waals surface area (Å²) in [5, 5.41) is 16.4. The Morgan fingerprint density at radius 1 is 1.20 bits per heavy atom. The van der Waals surface area contributed by atoms with Crippen LogP contribution in [0.25, 0.3) is 22.8 Å². The zero-order valence-corrected chi connectivity index (χ0v) is 18.5. The van der Waals surface area contributed by atoms with Crippen LogP contribution in [0, 0.1) is 0 Å². The standard InChI is InChI=1S/C20H19Cl2N3O4.ClH/c1-11(2)28-17-6-4-13(8-16(17)22)20-24-19(25-29-20)14-5-3-12(7-15(14)21)9-23-10-18(26)27;/h3-8,11,23H,9-10H2,1-2H3,(H,26,27);1H. The lowest BCUT2D eigenvalue weighted by atomic mass is 10.1. The van der Waals surface area contributed by atoms with Crippen LogP contribution in [0.5, 0.6) is 5.75 Å². The first kappa shape index (κ1) is 24.0. The number of hydrogen-bond donors (Lipinski definition) is 2. The molecule has 0 atom stereocenters. The van der Waals surface area contributed by atoms with Gasteiger partial charge in [-0.25, -0.2) is 0 Å². The van der Waals surface area contributed by atoms with E-state index in [1.807, 2.05) is 19.9 Å². The number of halogens is 3. The van der Waals surface area contributed by atoms with Crippen LogP contribution < -0.4 is 10.1 Å². The number of rotatable bonds is 8. The molecule has 160 valence electrons. The molecule has 0 spiro atoms. The minimum Gasteiger partial charge on any atom is -0.489 e. The van der Waals surface area contributed by atoms with Gasteiger partial charge in [-0.05, 0) is 49.7 Å². The highest BCUT2D eigenvalue weighted by Crippen LogP contribution is 2.32. The molecule has 0 aliphatic heterocycles. The molecule has 0 amide bonds. The first-order valence-corrected chi connectivity index (χ1v) is 9.60. The molecule has 0 fully saturated rings. The lowest BCUT2D eigenvalue weighted by Crippen LogP contribution is -2.21. The molecular formula is C20H20Cl3N3O4. The van der Waals surface area contributed by atoms with Gasteiger partial charge in [-0.1, -0.05) is 34.4 Å². The van der Waals surface area contributed by atoms with Gasteiger partial charge in [-0.2, -0.15) is 4.98 Å². The number of aromatic nitrogens is 2. The van der Waals surface area contributed by atoms with Crippen molar-refractivity contribution in [3.05, 3.63) is 52.0 Å². The molecule has 7 nitrogen and oxygen atoms in total. The molecule has 1 aromatic heterocycles. The lowest BCUT2D eigenvalue weighted by Gasteiger charge is -2.11. The maximum Gasteiger partial charge on any atom is 0.317 e. The van der Waals surface area contributed by atoms with Crippen molar-refractivity contribution in [2.45, 2.75) is 26.5 Å². The van der Waals surface area contributed by atoms with Gasteiger partial charge >= 0.3 is 5.97 Å². The van der Waals surface area contributed by atoms with Gasteiger partial charge < -0.3 is 19.7 Å². The van der Waals surface area contributed by atoms with Crippen LogP contribution >= 0.6 is 35.6 Å². The quantitative estimate of drug-likeness (QED) is 0.471. The van der Waals surface area contributed by atoms with Gasteiger partial charge in [0.05, 0.1) is 22.7 Å². The number of carbonyl (C=O) groups is 1. The second-order valence-electron chi connectivity index (χ2n) is 6.55. The number of nitrogens with one attached hydrogen (secondary N) is 1. The van der Waals surface area contributed by atoms with E-state index in [1.165, 1.54) is 0 Å². The maximum absolute atomic E-state index is 10.6. The predicted molar refractivity (Wildman–Crippen MR) is 118 cm³/mol. The number of hydrogen-bond acceptors (Lipinski definition) is 6. The normalized spacial score (nSPS) is 10.7. The summed E-state index contributed by atoms with van der Waals surface area (Å²) in [5.41, 5.74) is 2.11. The molecule has 0 unspecified atom stereocenters. The van der Waals surface area contributed by atoms with Crippen molar-refractivity contribution in [2.24, 2.45) is 0 Å². The van der Waals surface area contributed by atoms with Crippen molar-refractivity contribution in [1.82, 2.24) is 15.5 Å². The Morgan fingerprint density at radius 2 is 1.97 bits per heavy atom. The summed E-state index contributed by atoms with van der Waals surface area (Å²) in [7, 11) is 0. The van der Waals surface area contributed by atoms with Gasteiger partial charge in [0.25, 0.3) is 5.89 Å². The van der Waals surface area contributed by atoms with E-state index in [2.05, 4.69) is 15.5 Å². The second-order valence-corrected chi connectivity index (χ2v) is 7.36. The van der Waals surface area contributed by atoms with E-state index in [-0.39, 0.29) is 25.1 Å². The fraction of sp³-hybridized carbons (Fsp3) is 0.250. The summed E-state index contributed by atoms with van der Waals surface area (Å²) in [5.74, 6) is 0.311. The molecule has 0 aliphatic rings. The molecule has 2 aromatic carbocycles. The van der Waals surface area contributed by atoms with Crippen LogP contribution in [0.3, 0.4) is 0 Å². The first-order valence-electron chi connectivity index (χ1n) is 8.85. The number of ether oxygens (including phenoxy) is 1. The van der Waals surface area contributed by atoms with Crippen LogP contribution in [0.15, 0.2) is 40.9 Å². The van der Waals surface area contributed by atoms with Gasteiger partial charge in [-0.15, -0.1) is 12.4 Å². The smallest absolute Gasteiger partial charge is 0.317 e. The number of carboxylic acids is 1. The van der Waals surface area contributed by atoms with E-state index in [4.69, 9.17) is 37.6 Å². The van der Waals surface area contributed by atoms with Gasteiger partial charge in [0, 0.05) is 17.7 Å². The highest BCUT2D eigenvalue weighted by atomic mass is 35.5. The van der Waals surface area contributed by atoms with E-state index >= 15 is 0 Å². The molecular weight excluding hydrogens is 453 g/mol. The monoisotopic (exact) mass is 471 g/mol. The summed E-state index contributed by atoms with van der Waals surface area (Å²) < 4.78 is 11.0. The zero-order valence-electron chi connectivity index (χ0n) is 16.2. The van der Waals surface area contributed by atoms with E-state index < -0.39 is 5.97 Å². The van der Waals surface area contributed by atoms with Gasteiger partial charge in [0.2, 0.25) is 5.82 Å². The van der Waals surface area contributed by atoms with Crippen LogP contribution in [-0.2, 0) is 11.3 Å². The number of nitrogens with zero attached hydrogens (tertiary/aromatic N) is 2. The third kappa shape index (κ3) is 6.09. The van der Waals surface area contributed by atoms with Gasteiger partial charge in [0.15, 0.2) is 0 Å². The molecule has 0 saturated carbocycles. The van der Waals surface area contributed by atoms with Crippen molar-refractivity contribution < 1.29 is 19.2 Å². The van der Waals surface area contributed by atoms with E-state index in [0.29, 0.717) is 45.2 Å². The third-order valence-electron chi connectivity index (χ3n) is 3.85. The summed E-state index contributed by atoms with van der Waals surface area (Å²) in [6.07, 6.45) is 0.0119. The number of benzene rings is 2. The second kappa shape index (κ2) is 10.6. The highest BCUT2D eigenvalue weighted by molar-refractivity contribution is 6.33. The Labute approximate surface area is 189 Å². The summed E-state index contributed by atoms with van der Waals surface area (Å²) in [6.45, 7) is 4.10. The SMILES string of the molecule is CC(C)Oc1ccc(-c2nc(-c3ccc(CNCC(=O)O)cc3Cl)no2)cc1Cl.Cl. The zero-order chi connectivity index (χ0) is 21.0. The Morgan fingerprint density at radius 3 is 2.60 bits per heavy atom. The third-order valence-corrected chi connectivity index (χ3v) is 4.46. The molecule has 0 aliphatic carbocycles. The predicted octanol–water partition coefficient (Wildman–Crippen LogP) is 5.09. The molecule has 0 radical (unpaired) electrons. The summed E-state index contributed by atoms with van der Waals surface area (Å²) >= 11 is 12.6. The average Bonchev–Trinajstić information content (AvgIpc) is 3.12. The number of carboxylic acid groups (broad SMARTS) is 1. The molecule has 30 heavy (non-hydrogen) atoms. The molecule has 3 aromatic rings. The van der Waals surface area contributed by atoms with Gasteiger partial charge in [-0.3, -0.25) is 4.79 Å². The Bertz CT molecular complexity index is 1020. The Kier molecular flexibility index (Phi) is 8.49. The lowest BCUT2D eigenvalue weighted by molar-refractivity contribution is -0.135. The number of aliphatic carboxylic acids is 1. The first-order chi connectivity index (χ1) is 13.8. The molecule has 0 bridgehead atoms. The molecule has 0 saturated heterocycles. The van der Waals surface area contributed by atoms with Crippen molar-refractivity contribution in [3.63, 3.8) is 0 Å². The van der Waals surface area contributed by atoms with E-state index in [1.54, 1.807) is 30.3 Å². The van der Waals surface area contributed by atoms with Crippen molar-refractivity contribution in [1.29, 1.82) is 0 Å². The van der Waals surface area contributed by atoms with Crippen LogP contribution in [-0.4, -0.2) is 33.9 Å². The van der Waals surface area contributed by atoms with Crippen LogP contribution in [0.1, 0.15) is 19.4 Å².